The van der Waals surface area contributed by atoms with E-state index in [2.05, 4.69) is 5.32 Å². The molecule has 0 radical (unpaired) electrons. The zero-order valence-corrected chi connectivity index (χ0v) is 16.8. The number of nitrogens with zero attached hydrogens (tertiary/aromatic N) is 1. The molecule has 0 atom stereocenters. The highest BCUT2D eigenvalue weighted by molar-refractivity contribution is 6.30. The summed E-state index contributed by atoms with van der Waals surface area (Å²) in [6.07, 6.45) is 1.34. The summed E-state index contributed by atoms with van der Waals surface area (Å²) in [7, 11) is 0. The van der Waals surface area contributed by atoms with E-state index in [0.717, 1.165) is 5.56 Å². The first-order valence-corrected chi connectivity index (χ1v) is 9.44. The molecule has 1 aromatic heterocycles. The number of amides is 1. The summed E-state index contributed by atoms with van der Waals surface area (Å²) in [6.45, 7) is 1.90. The minimum atomic E-state index is -0.668. The van der Waals surface area contributed by atoms with Crippen molar-refractivity contribution in [2.75, 3.05) is 11.9 Å². The van der Waals surface area contributed by atoms with Crippen molar-refractivity contribution < 1.29 is 18.7 Å². The Balaban J connectivity index is 1.81. The SMILES string of the molecule is CCOC(=O)c1ccccc1NC(=O)/C(C#N)=C/c1ccc(-c2ccc(Cl)cc2)o1. The molecule has 0 bridgehead atoms. The van der Waals surface area contributed by atoms with E-state index < -0.39 is 11.9 Å². The minimum Gasteiger partial charge on any atom is -0.462 e. The average Bonchev–Trinajstić information content (AvgIpc) is 3.21. The fourth-order valence-electron chi connectivity index (χ4n) is 2.66. The van der Waals surface area contributed by atoms with Crippen LogP contribution >= 0.6 is 11.6 Å². The largest absolute Gasteiger partial charge is 0.462 e. The smallest absolute Gasteiger partial charge is 0.340 e. The van der Waals surface area contributed by atoms with Gasteiger partial charge in [0.1, 0.15) is 23.2 Å². The summed E-state index contributed by atoms with van der Waals surface area (Å²) < 4.78 is 10.7. The Kier molecular flexibility index (Phi) is 6.68. The molecule has 1 amide bonds. The number of furan rings is 1. The quantitative estimate of drug-likeness (QED) is 0.331. The Labute approximate surface area is 178 Å². The van der Waals surface area contributed by atoms with E-state index in [0.29, 0.717) is 16.5 Å². The lowest BCUT2D eigenvalue weighted by atomic mass is 10.1. The molecule has 1 heterocycles. The third-order valence-electron chi connectivity index (χ3n) is 4.08. The van der Waals surface area contributed by atoms with Crippen molar-refractivity contribution in [3.05, 3.63) is 82.6 Å². The molecule has 0 aliphatic heterocycles. The number of benzene rings is 2. The first-order chi connectivity index (χ1) is 14.5. The first kappa shape index (κ1) is 20.9. The minimum absolute atomic E-state index is 0.175. The number of rotatable bonds is 6. The monoisotopic (exact) mass is 420 g/mol. The number of hydrogen-bond donors (Lipinski definition) is 1. The van der Waals surface area contributed by atoms with Crippen molar-refractivity contribution in [3.8, 4) is 17.4 Å². The molecule has 0 unspecified atom stereocenters. The van der Waals surface area contributed by atoms with Crippen molar-refractivity contribution in [2.45, 2.75) is 6.92 Å². The molecular formula is C23H17ClN2O4. The topological polar surface area (TPSA) is 92.3 Å². The number of carbonyl (C=O) groups is 2. The van der Waals surface area contributed by atoms with Gasteiger partial charge in [-0.25, -0.2) is 4.79 Å². The number of esters is 1. The Morgan fingerprint density at radius 2 is 1.87 bits per heavy atom. The van der Waals surface area contributed by atoms with Gasteiger partial charge in [-0.3, -0.25) is 4.79 Å². The number of hydrogen-bond acceptors (Lipinski definition) is 5. The molecule has 0 spiro atoms. The van der Waals surface area contributed by atoms with E-state index >= 15 is 0 Å². The molecular weight excluding hydrogens is 404 g/mol. The van der Waals surface area contributed by atoms with Crippen molar-refractivity contribution in [1.82, 2.24) is 0 Å². The number of nitriles is 1. The van der Waals surface area contributed by atoms with Gasteiger partial charge in [0.05, 0.1) is 17.9 Å². The fraction of sp³-hybridized carbons (Fsp3) is 0.0870. The summed E-state index contributed by atoms with van der Waals surface area (Å²) in [6, 6.07) is 18.8. The Bertz CT molecular complexity index is 1140. The molecule has 7 heteroatoms. The maximum atomic E-state index is 12.6. The van der Waals surface area contributed by atoms with E-state index in [1.165, 1.54) is 12.1 Å². The summed E-state index contributed by atoms with van der Waals surface area (Å²) >= 11 is 5.89. The first-order valence-electron chi connectivity index (χ1n) is 9.07. The molecule has 3 aromatic rings. The molecule has 0 aliphatic rings. The van der Waals surface area contributed by atoms with Crippen LogP contribution in [0.5, 0.6) is 0 Å². The Morgan fingerprint density at radius 1 is 1.13 bits per heavy atom. The van der Waals surface area contributed by atoms with Crippen LogP contribution in [0.1, 0.15) is 23.0 Å². The van der Waals surface area contributed by atoms with Crippen LogP contribution in [-0.4, -0.2) is 18.5 Å². The average molecular weight is 421 g/mol. The lowest BCUT2D eigenvalue weighted by molar-refractivity contribution is -0.112. The van der Waals surface area contributed by atoms with Crippen LogP contribution in [0.4, 0.5) is 5.69 Å². The molecule has 150 valence electrons. The van der Waals surface area contributed by atoms with Gasteiger partial charge < -0.3 is 14.5 Å². The third kappa shape index (κ3) is 4.96. The maximum absolute atomic E-state index is 12.6. The van der Waals surface area contributed by atoms with E-state index in [4.69, 9.17) is 20.8 Å². The Morgan fingerprint density at radius 3 is 2.57 bits per heavy atom. The molecule has 1 N–H and O–H groups in total. The summed E-state index contributed by atoms with van der Waals surface area (Å²) in [5, 5.41) is 12.6. The fourth-order valence-corrected chi connectivity index (χ4v) is 2.79. The second-order valence-corrected chi connectivity index (χ2v) is 6.54. The number of nitrogens with one attached hydrogen (secondary N) is 1. The second-order valence-electron chi connectivity index (χ2n) is 6.10. The highest BCUT2D eigenvalue weighted by atomic mass is 35.5. The summed E-state index contributed by atoms with van der Waals surface area (Å²) in [4.78, 5) is 24.6. The number of carbonyl (C=O) groups excluding carboxylic acids is 2. The molecule has 0 saturated heterocycles. The molecule has 0 aliphatic carbocycles. The zero-order chi connectivity index (χ0) is 21.5. The molecule has 30 heavy (non-hydrogen) atoms. The number of para-hydroxylation sites is 1. The van der Waals surface area contributed by atoms with Crippen molar-refractivity contribution in [2.24, 2.45) is 0 Å². The van der Waals surface area contributed by atoms with E-state index in [1.54, 1.807) is 61.5 Å². The third-order valence-corrected chi connectivity index (χ3v) is 4.33. The number of ether oxygens (including phenoxy) is 1. The normalized spacial score (nSPS) is 10.9. The van der Waals surface area contributed by atoms with E-state index in [9.17, 15) is 14.9 Å². The zero-order valence-electron chi connectivity index (χ0n) is 16.0. The molecule has 3 rings (SSSR count). The van der Waals surface area contributed by atoms with Crippen LogP contribution < -0.4 is 5.32 Å². The predicted octanol–water partition coefficient (Wildman–Crippen LogP) is 5.32. The summed E-state index contributed by atoms with van der Waals surface area (Å²) in [5.41, 5.74) is 1.09. The van der Waals surface area contributed by atoms with Crippen molar-refractivity contribution in [1.29, 1.82) is 5.26 Å². The van der Waals surface area contributed by atoms with Gasteiger partial charge in [0.2, 0.25) is 0 Å². The van der Waals surface area contributed by atoms with Crippen LogP contribution in [0, 0.1) is 11.3 Å². The number of halogens is 1. The lowest BCUT2D eigenvalue weighted by Crippen LogP contribution is -2.17. The van der Waals surface area contributed by atoms with Gasteiger partial charge >= 0.3 is 5.97 Å². The highest BCUT2D eigenvalue weighted by Gasteiger charge is 2.17. The van der Waals surface area contributed by atoms with Crippen LogP contribution in [-0.2, 0) is 9.53 Å². The van der Waals surface area contributed by atoms with Crippen molar-refractivity contribution >= 4 is 35.2 Å². The van der Waals surface area contributed by atoms with E-state index in [1.807, 2.05) is 6.07 Å². The molecule has 0 fully saturated rings. The summed E-state index contributed by atoms with van der Waals surface area (Å²) in [5.74, 6) is -0.318. The van der Waals surface area contributed by atoms with Gasteiger partial charge in [-0.05, 0) is 55.5 Å². The van der Waals surface area contributed by atoms with Gasteiger partial charge in [0.15, 0.2) is 0 Å². The Hall–Kier alpha value is -3.82. The highest BCUT2D eigenvalue weighted by Crippen LogP contribution is 2.25. The van der Waals surface area contributed by atoms with Gasteiger partial charge in [-0.2, -0.15) is 5.26 Å². The number of anilines is 1. The maximum Gasteiger partial charge on any atom is 0.340 e. The molecule has 2 aromatic carbocycles. The van der Waals surface area contributed by atoms with Crippen LogP contribution in [0.15, 0.2) is 70.7 Å². The van der Waals surface area contributed by atoms with Gasteiger partial charge in [-0.15, -0.1) is 0 Å². The van der Waals surface area contributed by atoms with Gasteiger partial charge in [-0.1, -0.05) is 23.7 Å². The van der Waals surface area contributed by atoms with Crippen LogP contribution in [0.3, 0.4) is 0 Å². The molecule has 6 nitrogen and oxygen atoms in total. The van der Waals surface area contributed by atoms with Crippen molar-refractivity contribution in [3.63, 3.8) is 0 Å². The van der Waals surface area contributed by atoms with E-state index in [-0.39, 0.29) is 23.4 Å². The van der Waals surface area contributed by atoms with Crippen LogP contribution in [0.25, 0.3) is 17.4 Å². The second kappa shape index (κ2) is 9.59. The van der Waals surface area contributed by atoms with Gasteiger partial charge in [0.25, 0.3) is 5.91 Å². The standard InChI is InChI=1S/C23H17ClN2O4/c1-2-29-23(28)19-5-3-4-6-20(19)26-22(27)16(14-25)13-18-11-12-21(30-18)15-7-9-17(24)10-8-15/h3-13H,2H2,1H3,(H,26,27)/b16-13+. The van der Waals surface area contributed by atoms with Crippen LogP contribution in [0.2, 0.25) is 5.02 Å². The van der Waals surface area contributed by atoms with Gasteiger partial charge in [0, 0.05) is 16.7 Å². The predicted molar refractivity (Wildman–Crippen MR) is 114 cm³/mol. The lowest BCUT2D eigenvalue weighted by Gasteiger charge is -2.09. The molecule has 0 saturated carbocycles.